The van der Waals surface area contributed by atoms with Crippen LogP contribution in [0.5, 0.6) is 0 Å². The topological polar surface area (TPSA) is 9.72 Å². The molecule has 464 valence electrons. The number of hydrogen-bond acceptors (Lipinski definition) is 3. The van der Waals surface area contributed by atoms with E-state index in [1.807, 2.05) is 0 Å². The van der Waals surface area contributed by atoms with Crippen molar-refractivity contribution in [2.24, 2.45) is 0 Å². The first-order valence-electron chi connectivity index (χ1n) is 33.3. The van der Waals surface area contributed by atoms with Crippen LogP contribution in [0.4, 0.5) is 51.2 Å². The number of rotatable bonds is 7. The monoisotopic (exact) mass is 1190 g/mol. The predicted octanol–water partition coefficient (Wildman–Crippen LogP) is 23.0. The van der Waals surface area contributed by atoms with Crippen LogP contribution in [-0.2, 0) is 43.3 Å². The second-order valence-corrected chi connectivity index (χ2v) is 34.6. The van der Waals surface area contributed by atoms with Crippen LogP contribution in [0, 0.1) is 0 Å². The largest absolute Gasteiger partial charge is 0.311 e. The molecule has 0 bridgehead atoms. The normalized spacial score (nSPS) is 13.9. The molecule has 0 unspecified atom stereocenters. The third-order valence-corrected chi connectivity index (χ3v) is 19.4. The summed E-state index contributed by atoms with van der Waals surface area (Å²) in [6.07, 6.45) is 0. The summed E-state index contributed by atoms with van der Waals surface area (Å²) in [5.74, 6) is 0. The van der Waals surface area contributed by atoms with Crippen molar-refractivity contribution in [3.63, 3.8) is 0 Å². The molecule has 0 radical (unpaired) electrons. The van der Waals surface area contributed by atoms with Gasteiger partial charge in [-0.3, -0.25) is 0 Å². The zero-order valence-electron chi connectivity index (χ0n) is 59.2. The summed E-state index contributed by atoms with van der Waals surface area (Å²) in [5, 5.41) is 0. The van der Waals surface area contributed by atoms with E-state index in [0.29, 0.717) is 0 Å². The second-order valence-electron chi connectivity index (χ2n) is 34.6. The van der Waals surface area contributed by atoms with Gasteiger partial charge in [0.25, 0.3) is 6.71 Å². The van der Waals surface area contributed by atoms with Gasteiger partial charge in [0.1, 0.15) is 0 Å². The summed E-state index contributed by atoms with van der Waals surface area (Å²) in [5.41, 5.74) is 28.9. The first-order valence-corrected chi connectivity index (χ1v) is 33.3. The molecule has 0 saturated carbocycles. The Morgan fingerprint density at radius 3 is 0.800 bits per heavy atom. The SMILES string of the molecule is CC(C)(C)c1ccc(-c2ccc(C(C)(C)C)cc2N(c2cc3c4c(c2)N(c2ccc(C(C)(C)C)cc2)c2ccc(C(C)(C)C)cc2B4c2cc(C(C)(C)C)ccc2N3c2ccc(C(C)(C)C)cc2)c2cc(C(C)(C)C)ccc2-c2ccc(C(C)(C)C)cc2)cc1. The molecule has 90 heavy (non-hydrogen) atoms. The lowest BCUT2D eigenvalue weighted by atomic mass is 9.33. The molecule has 0 saturated heterocycles. The Labute approximate surface area is 544 Å². The average molecular weight is 1190 g/mol. The highest BCUT2D eigenvalue weighted by molar-refractivity contribution is 7.00. The minimum Gasteiger partial charge on any atom is -0.311 e. The van der Waals surface area contributed by atoms with E-state index in [2.05, 4.69) is 363 Å². The fourth-order valence-electron chi connectivity index (χ4n) is 13.4. The molecule has 0 spiro atoms. The lowest BCUT2D eigenvalue weighted by Crippen LogP contribution is -2.61. The van der Waals surface area contributed by atoms with Crippen molar-refractivity contribution < 1.29 is 0 Å². The van der Waals surface area contributed by atoms with Crippen LogP contribution in [0.25, 0.3) is 22.3 Å². The van der Waals surface area contributed by atoms with Crippen LogP contribution in [0.3, 0.4) is 0 Å². The fourth-order valence-corrected chi connectivity index (χ4v) is 13.4. The Morgan fingerprint density at radius 1 is 0.256 bits per heavy atom. The number of hydrogen-bond donors (Lipinski definition) is 0. The summed E-state index contributed by atoms with van der Waals surface area (Å²) in [7, 11) is 0. The molecule has 11 rings (SSSR count). The zero-order valence-corrected chi connectivity index (χ0v) is 59.2. The van der Waals surface area contributed by atoms with Gasteiger partial charge < -0.3 is 14.7 Å². The molecule has 0 aromatic heterocycles. The summed E-state index contributed by atoms with van der Waals surface area (Å²) in [6.45, 7) is 56.0. The standard InChI is InChI=1S/C86H102BN3/c1-79(2,3)57-29-25-55(26-30-57)68-45-37-63(85(19,20)21)51-74(68)90(75-52-64(86(22,23)24)38-46-69(75)56-27-31-58(32-28-56)80(4,5)6)67-53-76-78-77(54-67)89(66-43-35-60(36-44-66)82(10,11)12)73-48-40-62(84(16,17)18)50-71(73)87(78)70-49-61(83(13,14)15)39-47-72(70)88(76)65-41-33-59(34-42-65)81(7,8)9/h25-54H,1-24H3. The molecule has 2 aliphatic heterocycles. The highest BCUT2D eigenvalue weighted by Gasteiger charge is 2.45. The second kappa shape index (κ2) is 22.1. The minimum absolute atomic E-state index is 0.00552. The Kier molecular flexibility index (Phi) is 15.7. The quantitative estimate of drug-likeness (QED) is 0.147. The van der Waals surface area contributed by atoms with E-state index < -0.39 is 0 Å². The Balaban J connectivity index is 1.35. The number of anilines is 9. The maximum atomic E-state index is 2.68. The van der Waals surface area contributed by atoms with Gasteiger partial charge in [-0.25, -0.2) is 0 Å². The van der Waals surface area contributed by atoms with Gasteiger partial charge in [-0.05, 0) is 176 Å². The Bertz CT molecular complexity index is 3890. The van der Waals surface area contributed by atoms with Crippen LogP contribution >= 0.6 is 0 Å². The van der Waals surface area contributed by atoms with E-state index in [1.165, 1.54) is 106 Å². The maximum Gasteiger partial charge on any atom is 0.252 e. The first-order chi connectivity index (χ1) is 41.7. The van der Waals surface area contributed by atoms with Crippen LogP contribution in [0.2, 0.25) is 0 Å². The molecule has 3 nitrogen and oxygen atoms in total. The predicted molar refractivity (Wildman–Crippen MR) is 396 cm³/mol. The molecule has 4 heteroatoms. The third kappa shape index (κ3) is 12.1. The van der Waals surface area contributed by atoms with Crippen LogP contribution in [0.1, 0.15) is 211 Å². The van der Waals surface area contributed by atoms with Crippen molar-refractivity contribution in [3.8, 4) is 22.3 Å². The van der Waals surface area contributed by atoms with Crippen molar-refractivity contribution in [2.45, 2.75) is 209 Å². The van der Waals surface area contributed by atoms with Crippen molar-refractivity contribution in [1.82, 2.24) is 0 Å². The van der Waals surface area contributed by atoms with E-state index in [4.69, 9.17) is 0 Å². The molecule has 0 N–H and O–H groups in total. The van der Waals surface area contributed by atoms with Gasteiger partial charge in [0.2, 0.25) is 0 Å². The summed E-state index contributed by atoms with van der Waals surface area (Å²) < 4.78 is 0. The summed E-state index contributed by atoms with van der Waals surface area (Å²) in [6, 6.07) is 72.5. The van der Waals surface area contributed by atoms with Gasteiger partial charge in [0.15, 0.2) is 0 Å². The van der Waals surface area contributed by atoms with E-state index in [-0.39, 0.29) is 50.0 Å². The molecule has 0 fully saturated rings. The van der Waals surface area contributed by atoms with Crippen molar-refractivity contribution >= 4 is 74.3 Å². The molecule has 9 aromatic rings. The molecule has 2 heterocycles. The van der Waals surface area contributed by atoms with Gasteiger partial charge in [0, 0.05) is 45.3 Å². The molecule has 0 aliphatic carbocycles. The van der Waals surface area contributed by atoms with Crippen molar-refractivity contribution in [3.05, 3.63) is 226 Å². The van der Waals surface area contributed by atoms with Crippen LogP contribution < -0.4 is 31.1 Å². The molecule has 9 aromatic carbocycles. The fraction of sp³-hybridized carbons (Fsp3) is 0.372. The first kappa shape index (κ1) is 64.0. The van der Waals surface area contributed by atoms with Gasteiger partial charge in [-0.2, -0.15) is 0 Å². The van der Waals surface area contributed by atoms with Gasteiger partial charge in [-0.15, -0.1) is 0 Å². The maximum absolute atomic E-state index is 2.68. The van der Waals surface area contributed by atoms with E-state index in [0.717, 1.165) is 28.4 Å². The molecule has 2 aliphatic rings. The highest BCUT2D eigenvalue weighted by Crippen LogP contribution is 2.53. The van der Waals surface area contributed by atoms with Gasteiger partial charge >= 0.3 is 0 Å². The van der Waals surface area contributed by atoms with E-state index >= 15 is 0 Å². The van der Waals surface area contributed by atoms with Gasteiger partial charge in [-0.1, -0.05) is 287 Å². The Morgan fingerprint density at radius 2 is 0.511 bits per heavy atom. The van der Waals surface area contributed by atoms with Gasteiger partial charge in [0.05, 0.1) is 17.1 Å². The average Bonchev–Trinajstić information content (AvgIpc) is 0.700. The lowest BCUT2D eigenvalue weighted by Gasteiger charge is -2.46. The van der Waals surface area contributed by atoms with Crippen molar-refractivity contribution in [1.29, 1.82) is 0 Å². The summed E-state index contributed by atoms with van der Waals surface area (Å²) in [4.78, 5) is 7.93. The van der Waals surface area contributed by atoms with Crippen molar-refractivity contribution in [2.75, 3.05) is 14.7 Å². The summed E-state index contributed by atoms with van der Waals surface area (Å²) >= 11 is 0. The molecule has 0 amide bonds. The number of benzene rings is 9. The zero-order chi connectivity index (χ0) is 65.4. The van der Waals surface area contributed by atoms with E-state index in [9.17, 15) is 0 Å². The lowest BCUT2D eigenvalue weighted by molar-refractivity contribution is 0.589. The highest BCUT2D eigenvalue weighted by atomic mass is 15.2. The van der Waals surface area contributed by atoms with Crippen LogP contribution in [-0.4, -0.2) is 6.71 Å². The number of nitrogens with zero attached hydrogens (tertiary/aromatic N) is 3. The third-order valence-electron chi connectivity index (χ3n) is 19.4. The number of fused-ring (bicyclic) bond motifs is 4. The molecular weight excluding hydrogens is 1090 g/mol. The minimum atomic E-state index is -0.166. The molecule has 0 atom stereocenters. The Hall–Kier alpha value is -7.56. The smallest absolute Gasteiger partial charge is 0.252 e. The van der Waals surface area contributed by atoms with Crippen LogP contribution in [0.15, 0.2) is 182 Å². The molecular formula is C86H102BN3. The van der Waals surface area contributed by atoms with E-state index in [1.54, 1.807) is 0 Å².